The highest BCUT2D eigenvalue weighted by Gasteiger charge is 2.20. The summed E-state index contributed by atoms with van der Waals surface area (Å²) in [6.45, 7) is 2.75. The van der Waals surface area contributed by atoms with E-state index in [1.54, 1.807) is 0 Å². The van der Waals surface area contributed by atoms with E-state index < -0.39 is 16.9 Å². The molecule has 0 aliphatic heterocycles. The van der Waals surface area contributed by atoms with Crippen molar-refractivity contribution in [2.75, 3.05) is 25.0 Å². The molecule has 0 fully saturated rings. The van der Waals surface area contributed by atoms with Gasteiger partial charge in [0.05, 0.1) is 4.92 Å². The number of hydrogen-bond acceptors (Lipinski definition) is 5. The largest absolute Gasteiger partial charge is 0.385 e. The van der Waals surface area contributed by atoms with Gasteiger partial charge in [0, 0.05) is 31.4 Å². The number of carbonyl (C=O) groups is 2. The molecule has 9 heteroatoms. The molecule has 1 aromatic carbocycles. The summed E-state index contributed by atoms with van der Waals surface area (Å²) in [4.78, 5) is 32.8. The Hall–Kier alpha value is -2.84. The lowest BCUT2D eigenvalue weighted by atomic mass is 10.1. The minimum absolute atomic E-state index is 0.0440. The highest BCUT2D eigenvalue weighted by molar-refractivity contribution is 5.99. The molecule has 114 valence electrons. The maximum Gasteiger partial charge on any atom is 0.312 e. The van der Waals surface area contributed by atoms with Gasteiger partial charge in [-0.15, -0.1) is 0 Å². The van der Waals surface area contributed by atoms with E-state index in [1.165, 1.54) is 18.2 Å². The van der Waals surface area contributed by atoms with E-state index in [9.17, 15) is 19.7 Å². The molecule has 0 saturated carbocycles. The molecule has 0 unspecified atom stereocenters. The Morgan fingerprint density at radius 3 is 2.52 bits per heavy atom. The second-order valence-corrected chi connectivity index (χ2v) is 4.07. The van der Waals surface area contributed by atoms with Crippen molar-refractivity contribution >= 4 is 23.3 Å². The number of urea groups is 1. The van der Waals surface area contributed by atoms with E-state index in [0.29, 0.717) is 12.2 Å². The third-order valence-electron chi connectivity index (χ3n) is 2.53. The molecule has 0 aromatic heterocycles. The number of nitrogens with two attached hydrogens (primary N) is 1. The smallest absolute Gasteiger partial charge is 0.312 e. The van der Waals surface area contributed by atoms with Crippen molar-refractivity contribution in [1.29, 1.82) is 0 Å². The van der Waals surface area contributed by atoms with Crippen LogP contribution in [0.5, 0.6) is 0 Å². The second kappa shape index (κ2) is 7.68. The van der Waals surface area contributed by atoms with Crippen LogP contribution in [0.3, 0.4) is 0 Å². The SMILES string of the molecule is CCNc1ccc([N+](=O)[O-])c(C(=O)NCCNC(N)=O)c1. The third-order valence-corrected chi connectivity index (χ3v) is 2.53. The molecule has 21 heavy (non-hydrogen) atoms. The highest BCUT2D eigenvalue weighted by Crippen LogP contribution is 2.22. The molecule has 3 amide bonds. The molecule has 0 saturated heterocycles. The lowest BCUT2D eigenvalue weighted by molar-refractivity contribution is -0.385. The van der Waals surface area contributed by atoms with Gasteiger partial charge in [0.15, 0.2) is 0 Å². The predicted octanol–water partition coefficient (Wildman–Crippen LogP) is 0.425. The minimum Gasteiger partial charge on any atom is -0.385 e. The van der Waals surface area contributed by atoms with Crippen molar-refractivity contribution in [3.05, 3.63) is 33.9 Å². The molecule has 0 heterocycles. The molecule has 0 aliphatic carbocycles. The van der Waals surface area contributed by atoms with Crippen LogP contribution in [0.1, 0.15) is 17.3 Å². The van der Waals surface area contributed by atoms with Gasteiger partial charge in [0.25, 0.3) is 11.6 Å². The number of nitrogens with zero attached hydrogens (tertiary/aromatic N) is 1. The summed E-state index contributed by atoms with van der Waals surface area (Å²) in [5.41, 5.74) is 5.17. The van der Waals surface area contributed by atoms with Crippen molar-refractivity contribution in [3.63, 3.8) is 0 Å². The zero-order valence-electron chi connectivity index (χ0n) is 11.5. The fourth-order valence-electron chi connectivity index (χ4n) is 1.65. The van der Waals surface area contributed by atoms with E-state index in [4.69, 9.17) is 5.73 Å². The van der Waals surface area contributed by atoms with Crippen LogP contribution >= 0.6 is 0 Å². The number of carbonyl (C=O) groups excluding carboxylic acids is 2. The molecule has 1 aromatic rings. The topological polar surface area (TPSA) is 139 Å². The van der Waals surface area contributed by atoms with Gasteiger partial charge in [-0.2, -0.15) is 0 Å². The van der Waals surface area contributed by atoms with Crippen molar-refractivity contribution in [1.82, 2.24) is 10.6 Å². The van der Waals surface area contributed by atoms with Crippen molar-refractivity contribution < 1.29 is 14.5 Å². The van der Waals surface area contributed by atoms with Crippen LogP contribution in [0, 0.1) is 10.1 Å². The van der Waals surface area contributed by atoms with Crippen LogP contribution in [0.2, 0.25) is 0 Å². The molecule has 0 spiro atoms. The Kier molecular flexibility index (Phi) is 5.93. The summed E-state index contributed by atoms with van der Waals surface area (Å²) in [5, 5.41) is 18.7. The first-order valence-corrected chi connectivity index (χ1v) is 6.29. The van der Waals surface area contributed by atoms with Gasteiger partial charge < -0.3 is 21.7 Å². The molecule has 0 radical (unpaired) electrons. The number of nitrogens with one attached hydrogen (secondary N) is 3. The molecule has 0 aliphatic rings. The van der Waals surface area contributed by atoms with Crippen LogP contribution in [-0.4, -0.2) is 36.5 Å². The van der Waals surface area contributed by atoms with Gasteiger partial charge in [-0.25, -0.2) is 4.79 Å². The summed E-state index contributed by atoms with van der Waals surface area (Å²) in [6.07, 6.45) is 0. The maximum absolute atomic E-state index is 12.0. The first-order chi connectivity index (χ1) is 9.95. The average Bonchev–Trinajstić information content (AvgIpc) is 2.43. The number of primary amides is 1. The van der Waals surface area contributed by atoms with Crippen molar-refractivity contribution in [3.8, 4) is 0 Å². The molecule has 1 rings (SSSR count). The zero-order chi connectivity index (χ0) is 15.8. The molecule has 9 nitrogen and oxygen atoms in total. The quantitative estimate of drug-likeness (QED) is 0.328. The van der Waals surface area contributed by atoms with Gasteiger partial charge in [-0.05, 0) is 19.1 Å². The first-order valence-electron chi connectivity index (χ1n) is 6.29. The van der Waals surface area contributed by atoms with Crippen LogP contribution in [0.4, 0.5) is 16.2 Å². The molecular weight excluding hydrogens is 278 g/mol. The van der Waals surface area contributed by atoms with Gasteiger partial charge in [-0.3, -0.25) is 14.9 Å². The predicted molar refractivity (Wildman–Crippen MR) is 77.2 cm³/mol. The van der Waals surface area contributed by atoms with Crippen LogP contribution in [0.25, 0.3) is 0 Å². The molecular formula is C12H17N5O4. The van der Waals surface area contributed by atoms with Gasteiger partial charge in [0.1, 0.15) is 5.56 Å². The second-order valence-electron chi connectivity index (χ2n) is 4.07. The standard InChI is InChI=1S/C12H17N5O4/c1-2-14-8-3-4-10(17(20)21)9(7-8)11(18)15-5-6-16-12(13)19/h3-4,7,14H,2,5-6H2,1H3,(H,15,18)(H3,13,16,19). The lowest BCUT2D eigenvalue weighted by Crippen LogP contribution is -2.37. The normalized spacial score (nSPS) is 9.76. The van der Waals surface area contributed by atoms with Crippen molar-refractivity contribution in [2.24, 2.45) is 5.73 Å². The number of nitro groups is 1. The van der Waals surface area contributed by atoms with Crippen LogP contribution in [0.15, 0.2) is 18.2 Å². The summed E-state index contributed by atoms with van der Waals surface area (Å²) in [5.74, 6) is -0.590. The average molecular weight is 295 g/mol. The van der Waals surface area contributed by atoms with Crippen LogP contribution in [-0.2, 0) is 0 Å². The monoisotopic (exact) mass is 295 g/mol. The zero-order valence-corrected chi connectivity index (χ0v) is 11.5. The number of benzene rings is 1. The van der Waals surface area contributed by atoms with Gasteiger partial charge in [-0.1, -0.05) is 0 Å². The molecule has 0 atom stereocenters. The Labute approximate surface area is 121 Å². The number of nitro benzene ring substituents is 1. The van der Waals surface area contributed by atoms with Gasteiger partial charge in [0.2, 0.25) is 0 Å². The Morgan fingerprint density at radius 1 is 1.29 bits per heavy atom. The van der Waals surface area contributed by atoms with E-state index in [1.807, 2.05) is 6.92 Å². The van der Waals surface area contributed by atoms with Gasteiger partial charge >= 0.3 is 6.03 Å². The number of hydrogen-bond donors (Lipinski definition) is 4. The Morgan fingerprint density at radius 2 is 1.95 bits per heavy atom. The fourth-order valence-corrected chi connectivity index (χ4v) is 1.65. The summed E-state index contributed by atoms with van der Waals surface area (Å²) >= 11 is 0. The van der Waals surface area contributed by atoms with Crippen LogP contribution < -0.4 is 21.7 Å². The minimum atomic E-state index is -0.704. The molecule has 0 bridgehead atoms. The first kappa shape index (κ1) is 16.2. The van der Waals surface area contributed by atoms with E-state index >= 15 is 0 Å². The van der Waals surface area contributed by atoms with E-state index in [2.05, 4.69) is 16.0 Å². The highest BCUT2D eigenvalue weighted by atomic mass is 16.6. The number of anilines is 1. The fraction of sp³-hybridized carbons (Fsp3) is 0.333. The number of rotatable bonds is 7. The molecule has 5 N–H and O–H groups in total. The third kappa shape index (κ3) is 4.97. The Bertz CT molecular complexity index is 546. The Balaban J connectivity index is 2.82. The lowest BCUT2D eigenvalue weighted by Gasteiger charge is -2.08. The summed E-state index contributed by atoms with van der Waals surface area (Å²) in [6, 6.07) is 3.52. The maximum atomic E-state index is 12.0. The number of amides is 3. The van der Waals surface area contributed by atoms with E-state index in [-0.39, 0.29) is 24.3 Å². The summed E-state index contributed by atoms with van der Waals surface area (Å²) in [7, 11) is 0. The van der Waals surface area contributed by atoms with E-state index in [0.717, 1.165) is 0 Å². The van der Waals surface area contributed by atoms with Crippen molar-refractivity contribution in [2.45, 2.75) is 6.92 Å². The summed E-state index contributed by atoms with van der Waals surface area (Å²) < 4.78 is 0.